The summed E-state index contributed by atoms with van der Waals surface area (Å²) >= 11 is 0. The molecule has 2 aromatic rings. The molecule has 0 spiro atoms. The molecule has 0 radical (unpaired) electrons. The normalized spacial score (nSPS) is 18.1. The van der Waals surface area contributed by atoms with Gasteiger partial charge in [-0.2, -0.15) is 10.2 Å². The Kier molecular flexibility index (Phi) is 3.38. The molecule has 1 aromatic heterocycles. The minimum atomic E-state index is 0.0341. The summed E-state index contributed by atoms with van der Waals surface area (Å²) < 4.78 is 11.0. The van der Waals surface area contributed by atoms with Crippen LogP contribution in [0.2, 0.25) is 0 Å². The predicted molar refractivity (Wildman–Crippen MR) is 71.3 cm³/mol. The van der Waals surface area contributed by atoms with Crippen molar-refractivity contribution in [2.75, 3.05) is 6.61 Å². The molecule has 0 bridgehead atoms. The SMILES string of the molecule is CC(CCC#N)c1nc(C2COc3ccccc32)no1. The molecule has 5 heteroatoms. The Labute approximate surface area is 117 Å². The molecule has 3 rings (SSSR count). The largest absolute Gasteiger partial charge is 0.492 e. The number of para-hydroxylation sites is 1. The summed E-state index contributed by atoms with van der Waals surface area (Å²) in [5, 5.41) is 12.7. The van der Waals surface area contributed by atoms with E-state index in [9.17, 15) is 0 Å². The van der Waals surface area contributed by atoms with Gasteiger partial charge in [-0.1, -0.05) is 30.3 Å². The summed E-state index contributed by atoms with van der Waals surface area (Å²) in [7, 11) is 0. The lowest BCUT2D eigenvalue weighted by Crippen LogP contribution is -2.05. The molecule has 0 amide bonds. The zero-order valence-corrected chi connectivity index (χ0v) is 11.2. The Bertz CT molecular complexity index is 645. The molecule has 2 atom stereocenters. The Morgan fingerprint density at radius 1 is 1.45 bits per heavy atom. The van der Waals surface area contributed by atoms with Crippen LogP contribution < -0.4 is 4.74 Å². The molecule has 2 heterocycles. The Morgan fingerprint density at radius 3 is 3.15 bits per heavy atom. The second-order valence-corrected chi connectivity index (χ2v) is 4.99. The number of benzene rings is 1. The van der Waals surface area contributed by atoms with Crippen LogP contribution in [0.1, 0.15) is 48.9 Å². The number of hydrogen-bond acceptors (Lipinski definition) is 5. The van der Waals surface area contributed by atoms with Gasteiger partial charge in [0.05, 0.1) is 12.0 Å². The highest BCUT2D eigenvalue weighted by molar-refractivity contribution is 5.42. The van der Waals surface area contributed by atoms with Gasteiger partial charge < -0.3 is 9.26 Å². The van der Waals surface area contributed by atoms with Gasteiger partial charge in [-0.05, 0) is 12.5 Å². The van der Waals surface area contributed by atoms with Gasteiger partial charge in [0.15, 0.2) is 5.82 Å². The average molecular weight is 269 g/mol. The van der Waals surface area contributed by atoms with Crippen LogP contribution in [0, 0.1) is 11.3 Å². The van der Waals surface area contributed by atoms with Crippen molar-refractivity contribution in [2.45, 2.75) is 31.6 Å². The van der Waals surface area contributed by atoms with Gasteiger partial charge in [0.25, 0.3) is 0 Å². The number of aromatic nitrogens is 2. The van der Waals surface area contributed by atoms with E-state index in [1.165, 1.54) is 0 Å². The highest BCUT2D eigenvalue weighted by atomic mass is 16.5. The van der Waals surface area contributed by atoms with Crippen LogP contribution in [0.15, 0.2) is 28.8 Å². The number of hydrogen-bond donors (Lipinski definition) is 0. The van der Waals surface area contributed by atoms with Gasteiger partial charge in [-0.15, -0.1) is 0 Å². The molecule has 2 unspecified atom stereocenters. The van der Waals surface area contributed by atoms with Crippen molar-refractivity contribution < 1.29 is 9.26 Å². The van der Waals surface area contributed by atoms with Crippen molar-refractivity contribution in [3.63, 3.8) is 0 Å². The minimum absolute atomic E-state index is 0.0341. The Balaban J connectivity index is 1.80. The molecule has 1 aromatic carbocycles. The first-order valence-corrected chi connectivity index (χ1v) is 6.71. The van der Waals surface area contributed by atoms with Crippen LogP contribution in [-0.2, 0) is 0 Å². The van der Waals surface area contributed by atoms with Crippen LogP contribution in [-0.4, -0.2) is 16.7 Å². The molecule has 0 saturated carbocycles. The Morgan fingerprint density at radius 2 is 2.30 bits per heavy atom. The van der Waals surface area contributed by atoms with E-state index >= 15 is 0 Å². The molecular formula is C15H15N3O2. The predicted octanol–water partition coefficient (Wildman–Crippen LogP) is 3.00. The summed E-state index contributed by atoms with van der Waals surface area (Å²) in [4.78, 5) is 4.48. The molecular weight excluding hydrogens is 254 g/mol. The van der Waals surface area contributed by atoms with E-state index in [4.69, 9.17) is 14.5 Å². The lowest BCUT2D eigenvalue weighted by Gasteiger charge is -2.03. The summed E-state index contributed by atoms with van der Waals surface area (Å²) in [5.74, 6) is 2.29. The molecule has 0 aliphatic carbocycles. The van der Waals surface area contributed by atoms with Crippen molar-refractivity contribution in [2.24, 2.45) is 0 Å². The second-order valence-electron chi connectivity index (χ2n) is 4.99. The highest BCUT2D eigenvalue weighted by Gasteiger charge is 2.29. The third-order valence-electron chi connectivity index (χ3n) is 3.58. The fourth-order valence-corrected chi connectivity index (χ4v) is 2.37. The third kappa shape index (κ3) is 2.25. The van der Waals surface area contributed by atoms with Crippen molar-refractivity contribution in [1.29, 1.82) is 5.26 Å². The third-order valence-corrected chi connectivity index (χ3v) is 3.58. The molecule has 102 valence electrons. The molecule has 1 aliphatic heterocycles. The maximum atomic E-state index is 8.62. The number of rotatable bonds is 4. The van der Waals surface area contributed by atoms with E-state index in [0.717, 1.165) is 17.7 Å². The molecule has 0 N–H and O–H groups in total. The average Bonchev–Trinajstić information content (AvgIpc) is 3.10. The van der Waals surface area contributed by atoms with Crippen LogP contribution in [0.5, 0.6) is 5.75 Å². The maximum absolute atomic E-state index is 8.62. The number of nitrogens with zero attached hydrogens (tertiary/aromatic N) is 3. The highest BCUT2D eigenvalue weighted by Crippen LogP contribution is 2.37. The van der Waals surface area contributed by atoms with Crippen LogP contribution in [0.4, 0.5) is 0 Å². The topological polar surface area (TPSA) is 71.9 Å². The van der Waals surface area contributed by atoms with Gasteiger partial charge in [-0.25, -0.2) is 0 Å². The van der Waals surface area contributed by atoms with E-state index in [-0.39, 0.29) is 11.8 Å². The zero-order chi connectivity index (χ0) is 13.9. The zero-order valence-electron chi connectivity index (χ0n) is 11.2. The van der Waals surface area contributed by atoms with Gasteiger partial charge in [0.2, 0.25) is 5.89 Å². The van der Waals surface area contributed by atoms with E-state index in [2.05, 4.69) is 16.2 Å². The smallest absolute Gasteiger partial charge is 0.229 e. The first-order chi connectivity index (χ1) is 9.79. The van der Waals surface area contributed by atoms with Crippen LogP contribution in [0.3, 0.4) is 0 Å². The first kappa shape index (κ1) is 12.7. The summed E-state index contributed by atoms with van der Waals surface area (Å²) in [6.45, 7) is 2.54. The van der Waals surface area contributed by atoms with E-state index in [1.807, 2.05) is 31.2 Å². The Hall–Kier alpha value is -2.35. The van der Waals surface area contributed by atoms with E-state index < -0.39 is 0 Å². The first-order valence-electron chi connectivity index (χ1n) is 6.71. The van der Waals surface area contributed by atoms with Crippen molar-refractivity contribution in [1.82, 2.24) is 10.1 Å². The lowest BCUT2D eigenvalue weighted by molar-refractivity contribution is 0.327. The number of ether oxygens (including phenoxy) is 1. The molecule has 20 heavy (non-hydrogen) atoms. The van der Waals surface area contributed by atoms with Crippen molar-refractivity contribution >= 4 is 0 Å². The van der Waals surface area contributed by atoms with Gasteiger partial charge in [0, 0.05) is 17.9 Å². The number of fused-ring (bicyclic) bond motifs is 1. The second kappa shape index (κ2) is 5.33. The monoisotopic (exact) mass is 269 g/mol. The summed E-state index contributed by atoms with van der Waals surface area (Å²) in [6.07, 6.45) is 1.23. The van der Waals surface area contributed by atoms with Crippen molar-refractivity contribution in [3.05, 3.63) is 41.5 Å². The standard InChI is InChI=1S/C15H15N3O2/c1-10(5-4-8-16)15-17-14(18-20-15)12-9-19-13-7-3-2-6-11(12)13/h2-3,6-7,10,12H,4-5,9H2,1H3. The lowest BCUT2D eigenvalue weighted by atomic mass is 10.0. The molecule has 0 saturated heterocycles. The fourth-order valence-electron chi connectivity index (χ4n) is 2.37. The molecule has 1 aliphatic rings. The maximum Gasteiger partial charge on any atom is 0.229 e. The van der Waals surface area contributed by atoms with E-state index in [0.29, 0.717) is 24.7 Å². The fraction of sp³-hybridized carbons (Fsp3) is 0.400. The van der Waals surface area contributed by atoms with Crippen LogP contribution in [0.25, 0.3) is 0 Å². The van der Waals surface area contributed by atoms with Gasteiger partial charge >= 0.3 is 0 Å². The van der Waals surface area contributed by atoms with Crippen molar-refractivity contribution in [3.8, 4) is 11.8 Å². The van der Waals surface area contributed by atoms with Gasteiger partial charge in [-0.3, -0.25) is 0 Å². The van der Waals surface area contributed by atoms with Gasteiger partial charge in [0.1, 0.15) is 12.4 Å². The number of nitriles is 1. The molecule has 0 fully saturated rings. The summed E-state index contributed by atoms with van der Waals surface area (Å²) in [5.41, 5.74) is 1.10. The van der Waals surface area contributed by atoms with E-state index in [1.54, 1.807) is 0 Å². The van der Waals surface area contributed by atoms with Crippen LogP contribution >= 0.6 is 0 Å². The quantitative estimate of drug-likeness (QED) is 0.853. The minimum Gasteiger partial charge on any atom is -0.492 e. The summed E-state index contributed by atoms with van der Waals surface area (Å²) in [6, 6.07) is 10.0. The molecule has 5 nitrogen and oxygen atoms in total.